The summed E-state index contributed by atoms with van der Waals surface area (Å²) in [4.78, 5) is 12.2. The Hall–Kier alpha value is -2.94. The summed E-state index contributed by atoms with van der Waals surface area (Å²) in [6.07, 6.45) is 1.56. The van der Waals surface area contributed by atoms with E-state index in [0.717, 1.165) is 0 Å². The molecule has 0 bridgehead atoms. The molecule has 9 heteroatoms. The molecule has 0 saturated carbocycles. The lowest BCUT2D eigenvalue weighted by atomic mass is 10.2. The Morgan fingerprint density at radius 2 is 2.04 bits per heavy atom. The Balaban J connectivity index is 1.62. The highest BCUT2D eigenvalue weighted by Crippen LogP contribution is 2.33. The van der Waals surface area contributed by atoms with Gasteiger partial charge >= 0.3 is 0 Å². The minimum absolute atomic E-state index is 0.151. The van der Waals surface area contributed by atoms with Crippen LogP contribution in [0.4, 0.5) is 0 Å². The number of carbonyl (C=O) groups is 1. The molecule has 0 aliphatic carbocycles. The monoisotopic (exact) mass is 389 g/mol. The maximum absolute atomic E-state index is 12.2. The maximum Gasteiger partial charge on any atom is 0.277 e. The van der Waals surface area contributed by atoms with Crippen molar-refractivity contribution in [2.45, 2.75) is 23.9 Å². The lowest BCUT2D eigenvalue weighted by Crippen LogP contribution is -2.30. The van der Waals surface area contributed by atoms with Gasteiger partial charge in [-0.15, -0.1) is 10.2 Å². The molecule has 3 aromatic rings. The van der Waals surface area contributed by atoms with E-state index in [1.165, 1.54) is 11.8 Å². The molecule has 27 heavy (non-hydrogen) atoms. The molecule has 3 rings (SSSR count). The Morgan fingerprint density at radius 3 is 2.74 bits per heavy atom. The zero-order valence-corrected chi connectivity index (χ0v) is 15.9. The number of hydrogen-bond donors (Lipinski definition) is 1. The van der Waals surface area contributed by atoms with Gasteiger partial charge in [0.25, 0.3) is 5.22 Å². The van der Waals surface area contributed by atoms with Gasteiger partial charge in [-0.3, -0.25) is 4.79 Å². The standard InChI is InChI=1S/C18H19N3O5S/c1-11(16(22)19-10-13-5-4-8-25-13)27-18-21-20-17(26-18)12-6-7-14(23-2)15(9-12)24-3/h4-9,11H,10H2,1-3H3,(H,19,22)/t11-/m1/s1. The van der Waals surface area contributed by atoms with Crippen molar-refractivity contribution in [3.8, 4) is 23.0 Å². The third-order valence-electron chi connectivity index (χ3n) is 3.70. The predicted octanol–water partition coefficient (Wildman–Crippen LogP) is 3.14. The summed E-state index contributed by atoms with van der Waals surface area (Å²) >= 11 is 1.18. The second-order valence-corrected chi connectivity index (χ2v) is 6.79. The Morgan fingerprint density at radius 1 is 1.22 bits per heavy atom. The van der Waals surface area contributed by atoms with E-state index in [1.807, 2.05) is 0 Å². The average Bonchev–Trinajstić information content (AvgIpc) is 3.37. The van der Waals surface area contributed by atoms with E-state index in [2.05, 4.69) is 15.5 Å². The molecule has 0 fully saturated rings. The molecule has 0 radical (unpaired) electrons. The molecular formula is C18H19N3O5S. The fourth-order valence-corrected chi connectivity index (χ4v) is 2.99. The summed E-state index contributed by atoms with van der Waals surface area (Å²) in [6, 6.07) is 8.87. The van der Waals surface area contributed by atoms with Crippen molar-refractivity contribution >= 4 is 17.7 Å². The third-order valence-corrected chi connectivity index (χ3v) is 4.63. The first kappa shape index (κ1) is 18.8. The zero-order valence-electron chi connectivity index (χ0n) is 15.1. The van der Waals surface area contributed by atoms with Crippen LogP contribution in [0.1, 0.15) is 12.7 Å². The number of rotatable bonds is 8. The van der Waals surface area contributed by atoms with Crippen molar-refractivity contribution < 1.29 is 23.1 Å². The fourth-order valence-electron chi connectivity index (χ4n) is 2.28. The van der Waals surface area contributed by atoms with E-state index >= 15 is 0 Å². The number of carbonyl (C=O) groups excluding carboxylic acids is 1. The number of thioether (sulfide) groups is 1. The lowest BCUT2D eigenvalue weighted by Gasteiger charge is -2.08. The van der Waals surface area contributed by atoms with Crippen molar-refractivity contribution in [3.05, 3.63) is 42.4 Å². The molecule has 0 aliphatic heterocycles. The van der Waals surface area contributed by atoms with Gasteiger partial charge in [-0.1, -0.05) is 11.8 Å². The first-order chi connectivity index (χ1) is 13.1. The number of nitrogens with zero attached hydrogens (tertiary/aromatic N) is 2. The molecule has 2 heterocycles. The summed E-state index contributed by atoms with van der Waals surface area (Å²) in [6.45, 7) is 2.10. The average molecular weight is 389 g/mol. The van der Waals surface area contributed by atoms with Crippen LogP contribution in [0.25, 0.3) is 11.5 Å². The largest absolute Gasteiger partial charge is 0.493 e. The fraction of sp³-hybridized carbons (Fsp3) is 0.278. The maximum atomic E-state index is 12.2. The molecular weight excluding hydrogens is 370 g/mol. The van der Waals surface area contributed by atoms with Gasteiger partial charge in [-0.05, 0) is 37.3 Å². The van der Waals surface area contributed by atoms with Gasteiger partial charge in [0.15, 0.2) is 11.5 Å². The summed E-state index contributed by atoms with van der Waals surface area (Å²) in [5.41, 5.74) is 0.696. The van der Waals surface area contributed by atoms with Crippen LogP contribution >= 0.6 is 11.8 Å². The SMILES string of the molecule is COc1ccc(-c2nnc(S[C@H](C)C(=O)NCc3ccco3)o2)cc1OC. The first-order valence-corrected chi connectivity index (χ1v) is 9.01. The van der Waals surface area contributed by atoms with Crippen LogP contribution in [-0.2, 0) is 11.3 Å². The van der Waals surface area contributed by atoms with Crippen LogP contribution < -0.4 is 14.8 Å². The second kappa shape index (κ2) is 8.63. The summed E-state index contributed by atoms with van der Waals surface area (Å²) in [5, 5.41) is 10.7. The highest BCUT2D eigenvalue weighted by molar-refractivity contribution is 8.00. The Labute approximate surface area is 160 Å². The topological polar surface area (TPSA) is 99.6 Å². The van der Waals surface area contributed by atoms with Crippen LogP contribution in [0.2, 0.25) is 0 Å². The molecule has 142 valence electrons. The van der Waals surface area contributed by atoms with E-state index in [9.17, 15) is 4.79 Å². The highest BCUT2D eigenvalue weighted by atomic mass is 32.2. The molecule has 0 unspecified atom stereocenters. The number of ether oxygens (including phenoxy) is 2. The molecule has 0 aliphatic rings. The Kier molecular flexibility index (Phi) is 6.02. The number of amides is 1. The first-order valence-electron chi connectivity index (χ1n) is 8.13. The summed E-state index contributed by atoms with van der Waals surface area (Å²) in [5.74, 6) is 2.04. The van der Waals surface area contributed by atoms with Crippen molar-refractivity contribution in [1.29, 1.82) is 0 Å². The normalized spacial score (nSPS) is 11.8. The predicted molar refractivity (Wildman–Crippen MR) is 98.7 cm³/mol. The van der Waals surface area contributed by atoms with Crippen LogP contribution in [-0.4, -0.2) is 35.6 Å². The molecule has 1 N–H and O–H groups in total. The number of nitrogens with one attached hydrogen (secondary N) is 1. The van der Waals surface area contributed by atoms with Crippen molar-refractivity contribution in [1.82, 2.24) is 15.5 Å². The lowest BCUT2D eigenvalue weighted by molar-refractivity contribution is -0.120. The van der Waals surface area contributed by atoms with Gasteiger partial charge < -0.3 is 23.6 Å². The van der Waals surface area contributed by atoms with Crippen LogP contribution in [0, 0.1) is 0 Å². The minimum atomic E-state index is -0.404. The molecule has 2 aromatic heterocycles. The number of benzene rings is 1. The van der Waals surface area contributed by atoms with Gasteiger partial charge in [-0.25, -0.2) is 0 Å². The number of furan rings is 1. The van der Waals surface area contributed by atoms with Crippen LogP contribution in [0.15, 0.2) is 50.7 Å². The number of aromatic nitrogens is 2. The number of methoxy groups -OCH3 is 2. The summed E-state index contributed by atoms with van der Waals surface area (Å²) < 4.78 is 21.3. The smallest absolute Gasteiger partial charge is 0.277 e. The van der Waals surface area contributed by atoms with Gasteiger partial charge in [-0.2, -0.15) is 0 Å². The molecule has 0 spiro atoms. The van der Waals surface area contributed by atoms with Gasteiger partial charge in [0.2, 0.25) is 11.8 Å². The quantitative estimate of drug-likeness (QED) is 0.587. The minimum Gasteiger partial charge on any atom is -0.493 e. The highest BCUT2D eigenvalue weighted by Gasteiger charge is 2.19. The molecule has 1 amide bonds. The molecule has 1 atom stereocenters. The Bertz CT molecular complexity index is 894. The second-order valence-electron chi connectivity index (χ2n) is 5.50. The van der Waals surface area contributed by atoms with E-state index in [4.69, 9.17) is 18.3 Å². The van der Waals surface area contributed by atoms with E-state index in [-0.39, 0.29) is 5.91 Å². The van der Waals surface area contributed by atoms with E-state index in [0.29, 0.717) is 40.5 Å². The number of hydrogen-bond acceptors (Lipinski definition) is 8. The van der Waals surface area contributed by atoms with E-state index < -0.39 is 5.25 Å². The van der Waals surface area contributed by atoms with Crippen molar-refractivity contribution in [2.24, 2.45) is 0 Å². The molecule has 8 nitrogen and oxygen atoms in total. The van der Waals surface area contributed by atoms with Gasteiger partial charge in [0.1, 0.15) is 5.76 Å². The zero-order chi connectivity index (χ0) is 19.2. The van der Waals surface area contributed by atoms with Crippen LogP contribution in [0.3, 0.4) is 0 Å². The van der Waals surface area contributed by atoms with Crippen molar-refractivity contribution in [2.75, 3.05) is 14.2 Å². The summed E-state index contributed by atoms with van der Waals surface area (Å²) in [7, 11) is 3.12. The molecule has 0 saturated heterocycles. The molecule has 1 aromatic carbocycles. The van der Waals surface area contributed by atoms with Gasteiger partial charge in [0.05, 0.1) is 32.3 Å². The van der Waals surface area contributed by atoms with Gasteiger partial charge in [0, 0.05) is 5.56 Å². The van der Waals surface area contributed by atoms with Crippen LogP contribution in [0.5, 0.6) is 11.5 Å². The third kappa shape index (κ3) is 4.62. The van der Waals surface area contributed by atoms with E-state index in [1.54, 1.807) is 57.7 Å². The van der Waals surface area contributed by atoms with Crippen molar-refractivity contribution in [3.63, 3.8) is 0 Å².